The standard InChI is InChI=1S/C21H22N2O3/c1-13(2)26-17-11-9-16(10-12-17)22-19-18(20(24)23(4)21(19)25)15-7-5-14(3)6-8-15/h5-13,22H,1-4H3. The van der Waals surface area contributed by atoms with E-state index in [1.54, 1.807) is 0 Å². The number of nitrogens with one attached hydrogen (secondary N) is 1. The summed E-state index contributed by atoms with van der Waals surface area (Å²) in [5.41, 5.74) is 3.21. The summed E-state index contributed by atoms with van der Waals surface area (Å²) in [5.74, 6) is 0.110. The second-order valence-corrected chi connectivity index (χ2v) is 6.60. The molecule has 5 nitrogen and oxygen atoms in total. The number of hydrogen-bond donors (Lipinski definition) is 1. The van der Waals surface area contributed by atoms with Gasteiger partial charge in [-0.05, 0) is 50.6 Å². The van der Waals surface area contributed by atoms with Gasteiger partial charge in [0.15, 0.2) is 0 Å². The molecule has 1 aliphatic rings. The average molecular weight is 350 g/mol. The Balaban J connectivity index is 1.94. The average Bonchev–Trinajstić information content (AvgIpc) is 2.81. The molecule has 2 aromatic carbocycles. The molecule has 5 heteroatoms. The topological polar surface area (TPSA) is 58.6 Å². The van der Waals surface area contributed by atoms with Crippen molar-refractivity contribution >= 4 is 23.1 Å². The Bertz CT molecular complexity index is 865. The molecule has 0 saturated carbocycles. The van der Waals surface area contributed by atoms with Crippen molar-refractivity contribution in [1.82, 2.24) is 4.90 Å². The molecule has 0 fully saturated rings. The molecule has 1 heterocycles. The molecule has 0 aliphatic carbocycles. The van der Waals surface area contributed by atoms with Crippen molar-refractivity contribution in [3.05, 3.63) is 65.4 Å². The van der Waals surface area contributed by atoms with Crippen LogP contribution >= 0.6 is 0 Å². The first-order chi connectivity index (χ1) is 12.4. The highest BCUT2D eigenvalue weighted by Crippen LogP contribution is 2.30. The summed E-state index contributed by atoms with van der Waals surface area (Å²) in [5, 5.41) is 3.11. The summed E-state index contributed by atoms with van der Waals surface area (Å²) in [6.07, 6.45) is 0.0901. The van der Waals surface area contributed by atoms with Crippen LogP contribution in [0.1, 0.15) is 25.0 Å². The molecular formula is C21H22N2O3. The molecule has 0 unspecified atom stereocenters. The van der Waals surface area contributed by atoms with Crippen LogP contribution in [0.25, 0.3) is 5.57 Å². The van der Waals surface area contributed by atoms with Crippen LogP contribution in [0.2, 0.25) is 0 Å². The fourth-order valence-electron chi connectivity index (χ4n) is 2.78. The summed E-state index contributed by atoms with van der Waals surface area (Å²) < 4.78 is 5.63. The molecule has 0 spiro atoms. The second-order valence-electron chi connectivity index (χ2n) is 6.60. The minimum absolute atomic E-state index is 0.0901. The first kappa shape index (κ1) is 17.7. The summed E-state index contributed by atoms with van der Waals surface area (Å²) in [7, 11) is 1.49. The van der Waals surface area contributed by atoms with Gasteiger partial charge in [-0.15, -0.1) is 0 Å². The number of nitrogens with zero attached hydrogens (tertiary/aromatic N) is 1. The van der Waals surface area contributed by atoms with Gasteiger partial charge in [0.25, 0.3) is 11.8 Å². The molecule has 0 saturated heterocycles. The first-order valence-electron chi connectivity index (χ1n) is 8.54. The number of amides is 2. The van der Waals surface area contributed by atoms with E-state index in [0.29, 0.717) is 11.3 Å². The summed E-state index contributed by atoms with van der Waals surface area (Å²) in [4.78, 5) is 26.2. The smallest absolute Gasteiger partial charge is 0.277 e. The fraction of sp³-hybridized carbons (Fsp3) is 0.238. The molecule has 0 atom stereocenters. The summed E-state index contributed by atoms with van der Waals surface area (Å²) in [6, 6.07) is 14.9. The minimum atomic E-state index is -0.340. The number of aryl methyl sites for hydroxylation is 1. The van der Waals surface area contributed by atoms with Crippen LogP contribution in [0.3, 0.4) is 0 Å². The van der Waals surface area contributed by atoms with E-state index >= 15 is 0 Å². The van der Waals surface area contributed by atoms with Crippen LogP contribution in [-0.4, -0.2) is 29.9 Å². The molecule has 26 heavy (non-hydrogen) atoms. The molecular weight excluding hydrogens is 328 g/mol. The van der Waals surface area contributed by atoms with Gasteiger partial charge in [-0.25, -0.2) is 0 Å². The molecule has 3 rings (SSSR count). The van der Waals surface area contributed by atoms with Gasteiger partial charge in [0.05, 0.1) is 11.7 Å². The van der Waals surface area contributed by atoms with E-state index in [1.165, 1.54) is 7.05 Å². The number of carbonyl (C=O) groups is 2. The molecule has 1 aliphatic heterocycles. The summed E-state index contributed by atoms with van der Waals surface area (Å²) >= 11 is 0. The predicted octanol–water partition coefficient (Wildman–Crippen LogP) is 3.60. The highest BCUT2D eigenvalue weighted by Gasteiger charge is 2.36. The minimum Gasteiger partial charge on any atom is -0.491 e. The van der Waals surface area contributed by atoms with Gasteiger partial charge in [0, 0.05) is 12.7 Å². The number of ether oxygens (including phenoxy) is 1. The van der Waals surface area contributed by atoms with E-state index in [0.717, 1.165) is 27.5 Å². The van der Waals surface area contributed by atoms with Crippen LogP contribution in [0.4, 0.5) is 5.69 Å². The monoisotopic (exact) mass is 350 g/mol. The van der Waals surface area contributed by atoms with Crippen LogP contribution < -0.4 is 10.1 Å². The fourth-order valence-corrected chi connectivity index (χ4v) is 2.78. The number of likely N-dealkylation sites (N-methyl/N-ethyl adjacent to an activating group) is 1. The van der Waals surface area contributed by atoms with Crippen molar-refractivity contribution in [3.63, 3.8) is 0 Å². The lowest BCUT2D eigenvalue weighted by Gasteiger charge is -2.12. The van der Waals surface area contributed by atoms with Crippen molar-refractivity contribution < 1.29 is 14.3 Å². The SMILES string of the molecule is Cc1ccc(C2=C(Nc3ccc(OC(C)C)cc3)C(=O)N(C)C2=O)cc1. The van der Waals surface area contributed by atoms with E-state index in [9.17, 15) is 9.59 Å². The number of rotatable bonds is 5. The molecule has 134 valence electrons. The maximum atomic E-state index is 12.6. The zero-order valence-electron chi connectivity index (χ0n) is 15.4. The van der Waals surface area contributed by atoms with Gasteiger partial charge in [-0.2, -0.15) is 0 Å². The molecule has 0 aromatic heterocycles. The van der Waals surface area contributed by atoms with Gasteiger partial charge in [-0.3, -0.25) is 14.5 Å². The van der Waals surface area contributed by atoms with E-state index in [1.807, 2.05) is 69.3 Å². The second kappa shape index (κ2) is 7.04. The van der Waals surface area contributed by atoms with Gasteiger partial charge in [-0.1, -0.05) is 29.8 Å². The molecule has 1 N–H and O–H groups in total. The molecule has 2 amide bonds. The van der Waals surface area contributed by atoms with Crippen molar-refractivity contribution in [2.24, 2.45) is 0 Å². The number of hydrogen-bond acceptors (Lipinski definition) is 4. The Morgan fingerprint density at radius 3 is 2.12 bits per heavy atom. The van der Waals surface area contributed by atoms with Gasteiger partial charge < -0.3 is 10.1 Å². The number of imide groups is 1. The molecule has 2 aromatic rings. The lowest BCUT2D eigenvalue weighted by Crippen LogP contribution is -2.27. The first-order valence-corrected chi connectivity index (χ1v) is 8.54. The number of anilines is 1. The number of carbonyl (C=O) groups excluding carboxylic acids is 2. The van der Waals surface area contributed by atoms with Crippen molar-refractivity contribution in [2.45, 2.75) is 26.9 Å². The lowest BCUT2D eigenvalue weighted by atomic mass is 10.0. The van der Waals surface area contributed by atoms with Crippen LogP contribution in [0, 0.1) is 6.92 Å². The zero-order chi connectivity index (χ0) is 18.8. The predicted molar refractivity (Wildman–Crippen MR) is 102 cm³/mol. The normalized spacial score (nSPS) is 14.4. The van der Waals surface area contributed by atoms with Crippen molar-refractivity contribution in [2.75, 3.05) is 12.4 Å². The Hall–Kier alpha value is -3.08. The molecule has 0 bridgehead atoms. The Morgan fingerprint density at radius 2 is 1.54 bits per heavy atom. The third kappa shape index (κ3) is 3.47. The third-order valence-corrected chi connectivity index (χ3v) is 4.12. The number of benzene rings is 2. The van der Waals surface area contributed by atoms with Crippen LogP contribution in [-0.2, 0) is 9.59 Å². The van der Waals surface area contributed by atoms with Crippen LogP contribution in [0.5, 0.6) is 5.75 Å². The lowest BCUT2D eigenvalue weighted by molar-refractivity contribution is -0.135. The highest BCUT2D eigenvalue weighted by molar-refractivity contribution is 6.36. The van der Waals surface area contributed by atoms with Crippen LogP contribution in [0.15, 0.2) is 54.2 Å². The van der Waals surface area contributed by atoms with Gasteiger partial charge in [0.2, 0.25) is 0 Å². The Kier molecular flexibility index (Phi) is 4.80. The van der Waals surface area contributed by atoms with E-state index < -0.39 is 0 Å². The van der Waals surface area contributed by atoms with Crippen molar-refractivity contribution in [3.8, 4) is 5.75 Å². The third-order valence-electron chi connectivity index (χ3n) is 4.12. The van der Waals surface area contributed by atoms with Gasteiger partial charge in [0.1, 0.15) is 11.4 Å². The maximum absolute atomic E-state index is 12.6. The zero-order valence-corrected chi connectivity index (χ0v) is 15.4. The van der Waals surface area contributed by atoms with E-state index in [2.05, 4.69) is 5.32 Å². The maximum Gasteiger partial charge on any atom is 0.277 e. The largest absolute Gasteiger partial charge is 0.491 e. The summed E-state index contributed by atoms with van der Waals surface area (Å²) in [6.45, 7) is 5.90. The van der Waals surface area contributed by atoms with Gasteiger partial charge >= 0.3 is 0 Å². The highest BCUT2D eigenvalue weighted by atomic mass is 16.5. The Labute approximate surface area is 153 Å². The van der Waals surface area contributed by atoms with Crippen molar-refractivity contribution in [1.29, 1.82) is 0 Å². The Morgan fingerprint density at radius 1 is 0.923 bits per heavy atom. The van der Waals surface area contributed by atoms with E-state index in [4.69, 9.17) is 4.74 Å². The molecule has 0 radical (unpaired) electrons. The van der Waals surface area contributed by atoms with E-state index in [-0.39, 0.29) is 17.9 Å². The quantitative estimate of drug-likeness (QED) is 0.837.